The SMILES string of the molecule is CCCCC1=NC2(CCCC2)C(=O)N1Cc1ccc(-c2ccccc2S(=O)(=O)Nc2noc(C)c2C)c(CN(C)C(=O)OCC)c1. The maximum absolute atomic E-state index is 13.8. The fourth-order valence-corrected chi connectivity index (χ4v) is 7.47. The number of carbonyl (C=O) groups excluding carboxylic acids is 2. The van der Waals surface area contributed by atoms with Crippen LogP contribution in [0.3, 0.4) is 0 Å². The van der Waals surface area contributed by atoms with Gasteiger partial charge in [0.25, 0.3) is 15.9 Å². The highest BCUT2D eigenvalue weighted by molar-refractivity contribution is 7.92. The van der Waals surface area contributed by atoms with Gasteiger partial charge in [-0.05, 0) is 62.8 Å². The molecule has 1 N–H and O–H groups in total. The summed E-state index contributed by atoms with van der Waals surface area (Å²) in [5, 5.41) is 3.87. The highest BCUT2D eigenvalue weighted by Crippen LogP contribution is 2.40. The average Bonchev–Trinajstić information content (AvgIpc) is 3.71. The standard InChI is InChI=1S/C34H43N5O6S/c1-6-8-15-30-35-34(18-11-12-19-34)32(40)39(30)21-25-16-17-27(26(20-25)22-38(5)33(41)44-7-2)28-13-9-10-14-29(28)46(42,43)37-31-23(3)24(4)45-36-31/h9-10,13-14,16-17,20H,6-8,11-12,15,18-19,21-22H2,1-5H3,(H,36,37). The summed E-state index contributed by atoms with van der Waals surface area (Å²) in [4.78, 5) is 34.8. The molecule has 12 heteroatoms. The van der Waals surface area contributed by atoms with Gasteiger partial charge in [0, 0.05) is 31.1 Å². The third-order valence-electron chi connectivity index (χ3n) is 8.83. The van der Waals surface area contributed by atoms with Crippen molar-refractivity contribution < 1.29 is 27.3 Å². The number of unbranched alkanes of at least 4 members (excludes halogenated alkanes) is 1. The third-order valence-corrected chi connectivity index (χ3v) is 10.2. The molecule has 1 saturated carbocycles. The van der Waals surface area contributed by atoms with Crippen LogP contribution in [0.4, 0.5) is 10.6 Å². The van der Waals surface area contributed by atoms with Crippen LogP contribution < -0.4 is 4.72 Å². The van der Waals surface area contributed by atoms with Crippen LogP contribution in [0.25, 0.3) is 11.1 Å². The van der Waals surface area contributed by atoms with Gasteiger partial charge in [0.2, 0.25) is 0 Å². The molecule has 1 aromatic heterocycles. The minimum Gasteiger partial charge on any atom is -0.450 e. The lowest BCUT2D eigenvalue weighted by molar-refractivity contribution is -0.131. The molecule has 0 radical (unpaired) electrons. The van der Waals surface area contributed by atoms with E-state index in [0.717, 1.165) is 56.3 Å². The van der Waals surface area contributed by atoms with Gasteiger partial charge in [0.1, 0.15) is 17.1 Å². The molecular formula is C34H43N5O6S. The first-order chi connectivity index (χ1) is 22.0. The molecule has 1 aliphatic carbocycles. The molecule has 3 aromatic rings. The van der Waals surface area contributed by atoms with Crippen LogP contribution >= 0.6 is 0 Å². The van der Waals surface area contributed by atoms with Gasteiger partial charge in [-0.2, -0.15) is 0 Å². The number of aliphatic imine (C=N–C) groups is 1. The normalized spacial score (nSPS) is 15.8. The molecule has 246 valence electrons. The van der Waals surface area contributed by atoms with Crippen molar-refractivity contribution in [2.24, 2.45) is 4.99 Å². The molecule has 2 aromatic carbocycles. The Morgan fingerprint density at radius 1 is 1.11 bits per heavy atom. The number of aromatic nitrogens is 1. The van der Waals surface area contributed by atoms with E-state index in [0.29, 0.717) is 34.6 Å². The first-order valence-electron chi connectivity index (χ1n) is 15.9. The van der Waals surface area contributed by atoms with Crippen molar-refractivity contribution in [2.45, 2.75) is 96.2 Å². The highest BCUT2D eigenvalue weighted by Gasteiger charge is 2.49. The van der Waals surface area contributed by atoms with Crippen molar-refractivity contribution in [2.75, 3.05) is 18.4 Å². The molecule has 11 nitrogen and oxygen atoms in total. The molecule has 1 spiro atoms. The van der Waals surface area contributed by atoms with Gasteiger partial charge in [-0.1, -0.05) is 67.7 Å². The number of nitrogens with one attached hydrogen (secondary N) is 1. The number of hydrogen-bond acceptors (Lipinski definition) is 8. The molecule has 0 unspecified atom stereocenters. The lowest BCUT2D eigenvalue weighted by atomic mass is 9.96. The largest absolute Gasteiger partial charge is 0.450 e. The van der Waals surface area contributed by atoms with Crippen LogP contribution in [0, 0.1) is 13.8 Å². The summed E-state index contributed by atoms with van der Waals surface area (Å²) in [7, 11) is -2.45. The zero-order chi connectivity index (χ0) is 33.1. The smallest absolute Gasteiger partial charge is 0.409 e. The third kappa shape index (κ3) is 6.67. The van der Waals surface area contributed by atoms with E-state index in [4.69, 9.17) is 14.3 Å². The number of sulfonamides is 1. The molecular weight excluding hydrogens is 606 g/mol. The van der Waals surface area contributed by atoms with E-state index in [2.05, 4.69) is 16.8 Å². The number of carbonyl (C=O) groups is 2. The molecule has 2 aliphatic rings. The van der Waals surface area contributed by atoms with E-state index in [1.54, 1.807) is 46.0 Å². The first-order valence-corrected chi connectivity index (χ1v) is 17.4. The van der Waals surface area contributed by atoms with Crippen molar-refractivity contribution in [3.8, 4) is 11.1 Å². The van der Waals surface area contributed by atoms with Gasteiger partial charge >= 0.3 is 6.09 Å². The summed E-state index contributed by atoms with van der Waals surface area (Å²) < 4.78 is 40.4. The number of benzene rings is 2. The molecule has 1 aliphatic heterocycles. The minimum atomic E-state index is -4.08. The Balaban J connectivity index is 1.53. The van der Waals surface area contributed by atoms with Crippen LogP contribution in [0.1, 0.15) is 81.2 Å². The van der Waals surface area contributed by atoms with Crippen LogP contribution in [-0.2, 0) is 32.6 Å². The summed E-state index contributed by atoms with van der Waals surface area (Å²) in [6.07, 6.45) is 5.74. The topological polar surface area (TPSA) is 134 Å². The lowest BCUT2D eigenvalue weighted by Crippen LogP contribution is -2.40. The highest BCUT2D eigenvalue weighted by atomic mass is 32.2. The second-order valence-corrected chi connectivity index (χ2v) is 13.8. The summed E-state index contributed by atoms with van der Waals surface area (Å²) >= 11 is 0. The second kappa shape index (κ2) is 13.7. The number of nitrogens with zero attached hydrogens (tertiary/aromatic N) is 4. The predicted molar refractivity (Wildman–Crippen MR) is 176 cm³/mol. The summed E-state index contributed by atoms with van der Waals surface area (Å²) in [5.41, 5.74) is 2.61. The van der Waals surface area contributed by atoms with Gasteiger partial charge in [0.15, 0.2) is 5.82 Å². The number of hydrogen-bond donors (Lipinski definition) is 1. The number of amides is 2. The number of anilines is 1. The van der Waals surface area contributed by atoms with Crippen LogP contribution in [0.15, 0.2) is 56.9 Å². The quantitative estimate of drug-likeness (QED) is 0.234. The molecule has 0 saturated heterocycles. The van der Waals surface area contributed by atoms with Gasteiger partial charge in [-0.25, -0.2) is 13.2 Å². The zero-order valence-corrected chi connectivity index (χ0v) is 28.1. The van der Waals surface area contributed by atoms with E-state index in [-0.39, 0.29) is 29.8 Å². The molecule has 2 amide bonds. The Morgan fingerprint density at radius 3 is 2.52 bits per heavy atom. The molecule has 5 rings (SSSR count). The van der Waals surface area contributed by atoms with Crippen molar-refractivity contribution in [3.63, 3.8) is 0 Å². The number of aryl methyl sites for hydroxylation is 1. The van der Waals surface area contributed by atoms with Gasteiger partial charge in [0.05, 0.1) is 18.0 Å². The van der Waals surface area contributed by atoms with Crippen molar-refractivity contribution >= 4 is 33.7 Å². The predicted octanol–water partition coefficient (Wildman–Crippen LogP) is 6.59. The summed E-state index contributed by atoms with van der Waals surface area (Å²) in [5.74, 6) is 1.54. The number of ether oxygens (including phenoxy) is 1. The van der Waals surface area contributed by atoms with E-state index in [9.17, 15) is 18.0 Å². The summed E-state index contributed by atoms with van der Waals surface area (Å²) in [6, 6.07) is 12.4. The Bertz CT molecular complexity index is 1740. The van der Waals surface area contributed by atoms with Gasteiger partial charge in [-0.15, -0.1) is 0 Å². The Labute approximate surface area is 271 Å². The van der Waals surface area contributed by atoms with E-state index >= 15 is 0 Å². The molecule has 1 fully saturated rings. The second-order valence-electron chi connectivity index (χ2n) is 12.1. The molecule has 0 atom stereocenters. The Morgan fingerprint density at radius 2 is 1.85 bits per heavy atom. The van der Waals surface area contributed by atoms with E-state index in [1.165, 1.54) is 11.0 Å². The number of amidine groups is 1. The summed E-state index contributed by atoms with van der Waals surface area (Å²) in [6.45, 7) is 8.03. The van der Waals surface area contributed by atoms with Gasteiger partial charge < -0.3 is 14.2 Å². The fraction of sp³-hybridized carbons (Fsp3) is 0.471. The van der Waals surface area contributed by atoms with Crippen molar-refractivity contribution in [3.05, 3.63) is 64.9 Å². The van der Waals surface area contributed by atoms with Gasteiger partial charge in [-0.3, -0.25) is 19.4 Å². The fourth-order valence-electron chi connectivity index (χ4n) is 6.19. The Kier molecular flexibility index (Phi) is 9.85. The van der Waals surface area contributed by atoms with Crippen LogP contribution in [0.2, 0.25) is 0 Å². The average molecular weight is 650 g/mol. The first kappa shape index (κ1) is 33.2. The Hall–Kier alpha value is -4.19. The maximum atomic E-state index is 13.8. The van der Waals surface area contributed by atoms with E-state index < -0.39 is 21.7 Å². The van der Waals surface area contributed by atoms with Crippen molar-refractivity contribution in [1.29, 1.82) is 0 Å². The van der Waals surface area contributed by atoms with Crippen LogP contribution in [0.5, 0.6) is 0 Å². The molecule has 46 heavy (non-hydrogen) atoms. The number of rotatable bonds is 12. The van der Waals surface area contributed by atoms with Crippen LogP contribution in [-0.4, -0.2) is 60.4 Å². The maximum Gasteiger partial charge on any atom is 0.409 e. The molecule has 0 bridgehead atoms. The van der Waals surface area contributed by atoms with E-state index in [1.807, 2.05) is 23.1 Å². The zero-order valence-electron chi connectivity index (χ0n) is 27.3. The monoisotopic (exact) mass is 649 g/mol. The lowest BCUT2D eigenvalue weighted by Gasteiger charge is -2.24. The van der Waals surface area contributed by atoms with Crippen molar-refractivity contribution in [1.82, 2.24) is 15.0 Å². The minimum absolute atomic E-state index is 0.0507. The molecule has 2 heterocycles.